The van der Waals surface area contributed by atoms with Crippen LogP contribution in [0.2, 0.25) is 5.02 Å². The molecule has 94 valence electrons. The van der Waals surface area contributed by atoms with Crippen LogP contribution in [0, 0.1) is 5.92 Å². The number of hydrogen-bond acceptors (Lipinski definition) is 1. The van der Waals surface area contributed by atoms with Gasteiger partial charge in [0.25, 0.3) is 0 Å². The van der Waals surface area contributed by atoms with Gasteiger partial charge in [-0.25, -0.2) is 0 Å². The van der Waals surface area contributed by atoms with E-state index in [0.717, 1.165) is 27.3 Å². The summed E-state index contributed by atoms with van der Waals surface area (Å²) in [5, 5.41) is 2.00. The third-order valence-electron chi connectivity index (χ3n) is 3.33. The zero-order valence-electron chi connectivity index (χ0n) is 9.63. The van der Waals surface area contributed by atoms with Crippen LogP contribution in [0.3, 0.4) is 0 Å². The molecule has 1 nitrogen and oxygen atoms in total. The largest absolute Gasteiger partial charge is 0.299 e. The molecule has 1 heterocycles. The molecular formula is C13H16Br2ClN. The molecule has 0 N–H and O–H groups in total. The van der Waals surface area contributed by atoms with Crippen molar-refractivity contribution >= 4 is 43.5 Å². The molecule has 1 aliphatic heterocycles. The standard InChI is InChI=1S/C13H16Br2ClN/c14-8-10-3-5-17(6-4-10)9-11-1-2-12(15)7-13(11)16/h1-2,7,10H,3-6,8-9H2. The van der Waals surface area contributed by atoms with Gasteiger partial charge in [-0.15, -0.1) is 0 Å². The second-order valence-corrected chi connectivity index (χ2v) is 6.58. The molecule has 1 aromatic carbocycles. The quantitative estimate of drug-likeness (QED) is 0.686. The molecule has 0 spiro atoms. The van der Waals surface area contributed by atoms with Crippen molar-refractivity contribution in [3.8, 4) is 0 Å². The van der Waals surface area contributed by atoms with Gasteiger partial charge in [-0.1, -0.05) is 49.5 Å². The Hall–Kier alpha value is 0.430. The van der Waals surface area contributed by atoms with Crippen LogP contribution < -0.4 is 0 Å². The third kappa shape index (κ3) is 3.95. The summed E-state index contributed by atoms with van der Waals surface area (Å²) in [5.41, 5.74) is 1.23. The fraction of sp³-hybridized carbons (Fsp3) is 0.538. The first kappa shape index (κ1) is 13.9. The Kier molecular flexibility index (Phi) is 5.34. The molecule has 1 saturated heterocycles. The van der Waals surface area contributed by atoms with Gasteiger partial charge >= 0.3 is 0 Å². The molecule has 0 saturated carbocycles. The van der Waals surface area contributed by atoms with Crippen LogP contribution in [0.15, 0.2) is 22.7 Å². The zero-order valence-corrected chi connectivity index (χ0v) is 13.6. The second-order valence-electron chi connectivity index (χ2n) is 4.61. The van der Waals surface area contributed by atoms with E-state index < -0.39 is 0 Å². The predicted octanol–water partition coefficient (Wildman–Crippen LogP) is 4.71. The van der Waals surface area contributed by atoms with Crippen LogP contribution in [-0.2, 0) is 6.54 Å². The first-order chi connectivity index (χ1) is 8.19. The first-order valence-electron chi connectivity index (χ1n) is 5.91. The molecule has 0 atom stereocenters. The lowest BCUT2D eigenvalue weighted by molar-refractivity contribution is 0.187. The maximum Gasteiger partial charge on any atom is 0.0462 e. The fourth-order valence-corrected chi connectivity index (χ4v) is 3.57. The minimum Gasteiger partial charge on any atom is -0.299 e. The summed E-state index contributed by atoms with van der Waals surface area (Å²) in [6.07, 6.45) is 2.58. The Morgan fingerprint density at radius 3 is 2.59 bits per heavy atom. The van der Waals surface area contributed by atoms with Crippen molar-refractivity contribution in [3.05, 3.63) is 33.3 Å². The lowest BCUT2D eigenvalue weighted by atomic mass is 9.99. The Bertz CT molecular complexity index is 376. The van der Waals surface area contributed by atoms with Crippen molar-refractivity contribution in [1.82, 2.24) is 4.90 Å². The van der Waals surface area contributed by atoms with Crippen LogP contribution >= 0.6 is 43.5 Å². The molecule has 0 aliphatic carbocycles. The highest BCUT2D eigenvalue weighted by Crippen LogP contribution is 2.25. The molecule has 1 aromatic rings. The van der Waals surface area contributed by atoms with E-state index in [4.69, 9.17) is 11.6 Å². The summed E-state index contributed by atoms with van der Waals surface area (Å²) in [5.74, 6) is 0.853. The zero-order chi connectivity index (χ0) is 12.3. The molecule has 0 radical (unpaired) electrons. The maximum atomic E-state index is 6.24. The molecule has 0 aromatic heterocycles. The van der Waals surface area contributed by atoms with Gasteiger partial charge in [0.1, 0.15) is 0 Å². The Morgan fingerprint density at radius 1 is 1.29 bits per heavy atom. The van der Waals surface area contributed by atoms with E-state index in [2.05, 4.69) is 48.9 Å². The molecular weight excluding hydrogens is 365 g/mol. The predicted molar refractivity (Wildman–Crippen MR) is 80.9 cm³/mol. The van der Waals surface area contributed by atoms with Crippen LogP contribution in [-0.4, -0.2) is 23.3 Å². The molecule has 0 unspecified atom stereocenters. The van der Waals surface area contributed by atoms with E-state index in [0.29, 0.717) is 0 Å². The summed E-state index contributed by atoms with van der Waals surface area (Å²) >= 11 is 13.2. The average molecular weight is 382 g/mol. The highest BCUT2D eigenvalue weighted by molar-refractivity contribution is 9.10. The molecule has 17 heavy (non-hydrogen) atoms. The number of halogens is 3. The SMILES string of the molecule is Clc1cc(Br)ccc1CN1CCC(CBr)CC1. The number of alkyl halides is 1. The number of hydrogen-bond donors (Lipinski definition) is 0. The summed E-state index contributed by atoms with van der Waals surface area (Å²) in [6, 6.07) is 6.15. The van der Waals surface area contributed by atoms with Gasteiger partial charge in [-0.2, -0.15) is 0 Å². The third-order valence-corrected chi connectivity index (χ3v) is 5.10. The summed E-state index contributed by atoms with van der Waals surface area (Å²) < 4.78 is 1.05. The van der Waals surface area contributed by atoms with Crippen LogP contribution in [0.25, 0.3) is 0 Å². The first-order valence-corrected chi connectivity index (χ1v) is 8.20. The molecule has 2 rings (SSSR count). The molecule has 0 bridgehead atoms. The van der Waals surface area contributed by atoms with Gasteiger partial charge in [-0.3, -0.25) is 4.90 Å². The van der Waals surface area contributed by atoms with E-state index in [-0.39, 0.29) is 0 Å². The van der Waals surface area contributed by atoms with Gasteiger partial charge in [0, 0.05) is 21.4 Å². The smallest absolute Gasteiger partial charge is 0.0462 e. The lowest BCUT2D eigenvalue weighted by Crippen LogP contribution is -2.33. The highest BCUT2D eigenvalue weighted by Gasteiger charge is 2.18. The summed E-state index contributed by atoms with van der Waals surface area (Å²) in [6.45, 7) is 3.34. The second kappa shape index (κ2) is 6.55. The average Bonchev–Trinajstić information content (AvgIpc) is 2.34. The van der Waals surface area contributed by atoms with E-state index in [1.54, 1.807) is 0 Å². The minimum atomic E-state index is 0.853. The van der Waals surface area contributed by atoms with Gasteiger partial charge in [0.15, 0.2) is 0 Å². The molecule has 4 heteroatoms. The van der Waals surface area contributed by atoms with Crippen molar-refractivity contribution in [3.63, 3.8) is 0 Å². The summed E-state index contributed by atoms with van der Waals surface area (Å²) in [4.78, 5) is 2.49. The van der Waals surface area contributed by atoms with Crippen molar-refractivity contribution in [1.29, 1.82) is 0 Å². The van der Waals surface area contributed by atoms with Crippen molar-refractivity contribution < 1.29 is 0 Å². The number of likely N-dealkylation sites (tertiary alicyclic amines) is 1. The number of rotatable bonds is 3. The van der Waals surface area contributed by atoms with Crippen molar-refractivity contribution in [2.75, 3.05) is 18.4 Å². The lowest BCUT2D eigenvalue weighted by Gasteiger charge is -2.31. The molecule has 1 aliphatic rings. The van der Waals surface area contributed by atoms with Gasteiger partial charge < -0.3 is 0 Å². The van der Waals surface area contributed by atoms with Gasteiger partial charge in [0.05, 0.1) is 0 Å². The highest BCUT2D eigenvalue weighted by atomic mass is 79.9. The van der Waals surface area contributed by atoms with Crippen molar-refractivity contribution in [2.45, 2.75) is 19.4 Å². The van der Waals surface area contributed by atoms with Gasteiger partial charge in [-0.05, 0) is 49.5 Å². The minimum absolute atomic E-state index is 0.853. The van der Waals surface area contributed by atoms with Crippen molar-refractivity contribution in [2.24, 2.45) is 5.92 Å². The van der Waals surface area contributed by atoms with E-state index in [1.165, 1.54) is 31.5 Å². The van der Waals surface area contributed by atoms with E-state index >= 15 is 0 Å². The van der Waals surface area contributed by atoms with Crippen LogP contribution in [0.1, 0.15) is 18.4 Å². The van der Waals surface area contributed by atoms with Crippen LogP contribution in [0.4, 0.5) is 0 Å². The van der Waals surface area contributed by atoms with E-state index in [1.807, 2.05) is 6.07 Å². The fourth-order valence-electron chi connectivity index (χ4n) is 2.19. The van der Waals surface area contributed by atoms with Gasteiger partial charge in [0.2, 0.25) is 0 Å². The van der Waals surface area contributed by atoms with Crippen LogP contribution in [0.5, 0.6) is 0 Å². The number of nitrogens with zero attached hydrogens (tertiary/aromatic N) is 1. The topological polar surface area (TPSA) is 3.24 Å². The molecule has 0 amide bonds. The number of benzene rings is 1. The summed E-state index contributed by atoms with van der Waals surface area (Å²) in [7, 11) is 0. The Labute approximate surface area is 125 Å². The normalized spacial score (nSPS) is 18.5. The maximum absolute atomic E-state index is 6.24. The molecule has 1 fully saturated rings. The number of piperidine rings is 1. The monoisotopic (exact) mass is 379 g/mol. The Balaban J connectivity index is 1.93. The Morgan fingerprint density at radius 2 is 2.00 bits per heavy atom. The van der Waals surface area contributed by atoms with E-state index in [9.17, 15) is 0 Å².